The number of nitrogens with zero attached hydrogens (tertiary/aromatic N) is 4. The Labute approximate surface area is 274 Å². The number of phenolic OH excluding ortho intramolecular Hbond substituents is 1. The minimum Gasteiger partial charge on any atom is -0.508 e. The first-order chi connectivity index (χ1) is 21.7. The van der Waals surface area contributed by atoms with Crippen LogP contribution in [0, 0.1) is 11.8 Å². The Morgan fingerprint density at radius 2 is 1.74 bits per heavy atom. The zero-order valence-corrected chi connectivity index (χ0v) is 26.7. The molecular formula is C34H45N5O8. The Hall–Kier alpha value is -4.17. The largest absolute Gasteiger partial charge is 0.508 e. The molecule has 1 saturated heterocycles. The van der Waals surface area contributed by atoms with E-state index in [2.05, 4.69) is 16.8 Å². The second-order valence-corrected chi connectivity index (χ2v) is 13.3. The van der Waals surface area contributed by atoms with Crippen LogP contribution in [0.15, 0.2) is 39.5 Å². The van der Waals surface area contributed by atoms with Crippen LogP contribution in [0.2, 0.25) is 0 Å². The Morgan fingerprint density at radius 1 is 1.09 bits per heavy atom. The molecule has 0 radical (unpaired) electrons. The van der Waals surface area contributed by atoms with Gasteiger partial charge in [0.15, 0.2) is 11.4 Å². The summed E-state index contributed by atoms with van der Waals surface area (Å²) in [5.74, 6) is -5.75. The summed E-state index contributed by atoms with van der Waals surface area (Å²) in [7, 11) is 8.89. The van der Waals surface area contributed by atoms with Crippen LogP contribution in [-0.4, -0.2) is 126 Å². The molecule has 2 fully saturated rings. The number of phenols is 1. The molecule has 1 aromatic carbocycles. The van der Waals surface area contributed by atoms with Gasteiger partial charge >= 0.3 is 0 Å². The molecule has 2 heterocycles. The minimum absolute atomic E-state index is 0. The van der Waals surface area contributed by atoms with E-state index in [0.29, 0.717) is 29.1 Å². The first kappa shape index (κ1) is 34.2. The second-order valence-electron chi connectivity index (χ2n) is 13.3. The predicted molar refractivity (Wildman–Crippen MR) is 176 cm³/mol. The molecule has 47 heavy (non-hydrogen) atoms. The summed E-state index contributed by atoms with van der Waals surface area (Å²) >= 11 is 0. The molecule has 0 unspecified atom stereocenters. The molecule has 6 rings (SSSR count). The van der Waals surface area contributed by atoms with E-state index in [-0.39, 0.29) is 37.2 Å². The van der Waals surface area contributed by atoms with Crippen molar-refractivity contribution in [3.05, 3.63) is 52.0 Å². The summed E-state index contributed by atoms with van der Waals surface area (Å²) in [4.78, 5) is 47.7. The number of likely N-dealkylation sites (N-methyl/N-ethyl adjacent to an activating group) is 2. The number of hydrogen-bond acceptors (Lipinski definition) is 12. The van der Waals surface area contributed by atoms with Gasteiger partial charge in [-0.3, -0.25) is 24.2 Å². The number of aromatic hydroxyl groups is 1. The number of anilines is 1. The molecule has 6 N–H and O–H groups in total. The van der Waals surface area contributed by atoms with Crippen LogP contribution in [0.25, 0.3) is 17.1 Å². The summed E-state index contributed by atoms with van der Waals surface area (Å²) in [6, 6.07) is 4.26. The van der Waals surface area contributed by atoms with Gasteiger partial charge in [0.2, 0.25) is 5.78 Å². The number of primary amides is 1. The van der Waals surface area contributed by atoms with Crippen LogP contribution in [0.3, 0.4) is 0 Å². The van der Waals surface area contributed by atoms with Crippen LogP contribution in [0.4, 0.5) is 5.69 Å². The first-order valence-corrected chi connectivity index (χ1v) is 15.4. The van der Waals surface area contributed by atoms with Gasteiger partial charge in [-0.25, -0.2) is 0 Å². The topological polar surface area (TPSA) is 184 Å². The Morgan fingerprint density at radius 3 is 2.34 bits per heavy atom. The van der Waals surface area contributed by atoms with Gasteiger partial charge in [0.25, 0.3) is 5.91 Å². The maximum Gasteiger partial charge on any atom is 0.255 e. The van der Waals surface area contributed by atoms with Gasteiger partial charge in [-0.1, -0.05) is 7.43 Å². The van der Waals surface area contributed by atoms with Gasteiger partial charge in [-0.05, 0) is 63.7 Å². The highest BCUT2D eigenvalue weighted by molar-refractivity contribution is 6.24. The van der Waals surface area contributed by atoms with Crippen LogP contribution in [-0.2, 0) is 27.3 Å². The van der Waals surface area contributed by atoms with Gasteiger partial charge in [-0.15, -0.1) is 0 Å². The average molecular weight is 652 g/mol. The number of amides is 1. The molecule has 3 aliphatic carbocycles. The number of nitrogens with two attached hydrogens (primary N) is 1. The number of carbonyl (C=O) groups is 3. The standard InChI is InChI=1S/C33H41N5O8.CH4/c1-35(2)21-14-19(22-7-6-17(46-22)15-38-10-8-37(5)9-11-38)27(39)24-18(21)12-16-13-20-26(36(3)4)29(41)25(32(34)44)31(43)33(20,45)30(42)23(16)28(24)40;/h6-7,14,16,20,26,39-40,43,45H,8-13,15H2,1-5H3,(H2,34,44);1H4/t16-,20-,26-,33-;/m0./s1. The predicted octanol–water partition coefficient (Wildman–Crippen LogP) is 1.67. The summed E-state index contributed by atoms with van der Waals surface area (Å²) in [5, 5.41) is 46.5. The molecule has 13 heteroatoms. The molecule has 0 bridgehead atoms. The van der Waals surface area contributed by atoms with E-state index in [0.717, 1.165) is 31.9 Å². The van der Waals surface area contributed by atoms with Crippen LogP contribution >= 0.6 is 0 Å². The zero-order valence-electron chi connectivity index (χ0n) is 26.7. The number of aliphatic hydroxyl groups is 3. The average Bonchev–Trinajstić information content (AvgIpc) is 3.44. The first-order valence-electron chi connectivity index (χ1n) is 15.4. The second kappa shape index (κ2) is 12.1. The number of carbonyl (C=O) groups excluding carboxylic acids is 3. The smallest absolute Gasteiger partial charge is 0.255 e. The third-order valence-electron chi connectivity index (χ3n) is 10.1. The van der Waals surface area contributed by atoms with Gasteiger partial charge in [0, 0.05) is 57.5 Å². The van der Waals surface area contributed by atoms with Crippen molar-refractivity contribution in [2.24, 2.45) is 17.6 Å². The maximum atomic E-state index is 14.2. The molecule has 1 saturated carbocycles. The van der Waals surface area contributed by atoms with Crippen molar-refractivity contribution in [2.45, 2.75) is 38.5 Å². The van der Waals surface area contributed by atoms with E-state index in [1.807, 2.05) is 25.1 Å². The van der Waals surface area contributed by atoms with E-state index in [1.165, 1.54) is 4.90 Å². The number of benzene rings is 1. The number of ketones is 2. The fourth-order valence-electron chi connectivity index (χ4n) is 7.71. The lowest BCUT2D eigenvalue weighted by molar-refractivity contribution is -0.153. The van der Waals surface area contributed by atoms with E-state index in [9.17, 15) is 34.8 Å². The van der Waals surface area contributed by atoms with Crippen molar-refractivity contribution in [3.63, 3.8) is 0 Å². The highest BCUT2D eigenvalue weighted by atomic mass is 16.4. The maximum absolute atomic E-state index is 14.2. The van der Waals surface area contributed by atoms with E-state index in [1.54, 1.807) is 26.2 Å². The van der Waals surface area contributed by atoms with Crippen molar-refractivity contribution in [2.75, 3.05) is 66.3 Å². The molecule has 4 atom stereocenters. The van der Waals surface area contributed by atoms with Gasteiger partial charge < -0.3 is 40.4 Å². The number of piperazine rings is 1. The lowest BCUT2D eigenvalue weighted by atomic mass is 9.57. The van der Waals surface area contributed by atoms with Crippen molar-refractivity contribution >= 4 is 28.9 Å². The van der Waals surface area contributed by atoms with E-state index in [4.69, 9.17) is 10.2 Å². The quantitative estimate of drug-likeness (QED) is 0.285. The third-order valence-corrected chi connectivity index (χ3v) is 10.1. The van der Waals surface area contributed by atoms with Crippen molar-refractivity contribution in [1.82, 2.24) is 14.7 Å². The molecule has 254 valence electrons. The molecule has 2 aromatic rings. The van der Waals surface area contributed by atoms with Gasteiger partial charge in [-0.2, -0.15) is 0 Å². The van der Waals surface area contributed by atoms with Crippen LogP contribution in [0.5, 0.6) is 5.75 Å². The SMILES string of the molecule is C.CN1CCN(Cc2ccc(-c3cc(N(C)C)c4c(c3O)C(O)=C3C(=O)[C@]5(O)C(O)=C(C(N)=O)C(=O)[C@@H](N(C)C)[C@@H]5C[C@@H]3C4)o2)CC1. The number of Topliss-reactive ketones (excluding diaryl/α,β-unsaturated/α-hetero) is 2. The van der Waals surface area contributed by atoms with E-state index >= 15 is 0 Å². The molecule has 4 aliphatic rings. The van der Waals surface area contributed by atoms with Gasteiger partial charge in [0.1, 0.15) is 34.4 Å². The fourth-order valence-corrected chi connectivity index (χ4v) is 7.71. The lowest BCUT2D eigenvalue weighted by Crippen LogP contribution is -2.65. The van der Waals surface area contributed by atoms with Crippen molar-refractivity contribution < 1.29 is 39.2 Å². The third kappa shape index (κ3) is 5.21. The molecule has 1 aromatic heterocycles. The Balaban J connectivity index is 0.00000433. The molecule has 0 spiro atoms. The highest BCUT2D eigenvalue weighted by Crippen LogP contribution is 2.55. The number of rotatable bonds is 6. The fraction of sp³-hybridized carbons (Fsp3) is 0.500. The molecule has 1 aliphatic heterocycles. The number of fused-ring (bicyclic) bond motifs is 3. The number of furan rings is 1. The van der Waals surface area contributed by atoms with E-state index < -0.39 is 58.0 Å². The lowest BCUT2D eigenvalue weighted by Gasteiger charge is -2.50. The number of aliphatic hydroxyl groups excluding tert-OH is 2. The Bertz CT molecular complexity index is 1700. The molecule has 13 nitrogen and oxygen atoms in total. The molecule has 1 amide bonds. The van der Waals surface area contributed by atoms with Crippen molar-refractivity contribution in [3.8, 4) is 17.1 Å². The molecular weight excluding hydrogens is 606 g/mol. The summed E-state index contributed by atoms with van der Waals surface area (Å²) in [6.07, 6.45) is 0.220. The van der Waals surface area contributed by atoms with Crippen LogP contribution in [0.1, 0.15) is 30.7 Å². The summed E-state index contributed by atoms with van der Waals surface area (Å²) in [6.45, 7) is 4.32. The highest BCUT2D eigenvalue weighted by Gasteiger charge is 2.64. The Kier molecular flexibility index (Phi) is 8.82. The number of hydrogen-bond donors (Lipinski definition) is 5. The normalized spacial score (nSPS) is 26.6. The van der Waals surface area contributed by atoms with Crippen LogP contribution < -0.4 is 10.6 Å². The summed E-state index contributed by atoms with van der Waals surface area (Å²) < 4.78 is 6.19. The van der Waals surface area contributed by atoms with Gasteiger partial charge in [0.05, 0.1) is 23.7 Å². The minimum atomic E-state index is -2.69. The zero-order chi connectivity index (χ0) is 33.4. The monoisotopic (exact) mass is 651 g/mol. The van der Waals surface area contributed by atoms with Crippen molar-refractivity contribution in [1.29, 1.82) is 0 Å². The summed E-state index contributed by atoms with van der Waals surface area (Å²) in [5.41, 5.74) is 3.30.